The van der Waals surface area contributed by atoms with Crippen LogP contribution in [0.5, 0.6) is 11.5 Å². The maximum absolute atomic E-state index is 11.0. The Morgan fingerprint density at radius 1 is 1.24 bits per heavy atom. The first-order valence-electron chi connectivity index (χ1n) is 6.66. The van der Waals surface area contributed by atoms with E-state index in [2.05, 4.69) is 4.98 Å². The van der Waals surface area contributed by atoms with Crippen LogP contribution in [0.1, 0.15) is 22.3 Å². The molecule has 0 atom stereocenters. The molecule has 0 amide bonds. The Morgan fingerprint density at radius 3 is 2.81 bits per heavy atom. The average molecular weight is 287 g/mol. The van der Waals surface area contributed by atoms with Gasteiger partial charge in [0.25, 0.3) is 0 Å². The van der Waals surface area contributed by atoms with Crippen LogP contribution in [0.4, 0.5) is 0 Å². The van der Waals surface area contributed by atoms with Gasteiger partial charge in [0.05, 0.1) is 19.4 Å². The highest BCUT2D eigenvalue weighted by Gasteiger charge is 2.10. The molecule has 2 aromatic rings. The Labute approximate surface area is 123 Å². The van der Waals surface area contributed by atoms with E-state index in [9.17, 15) is 4.79 Å². The van der Waals surface area contributed by atoms with Gasteiger partial charge >= 0.3 is 5.97 Å². The van der Waals surface area contributed by atoms with Crippen molar-refractivity contribution in [1.29, 1.82) is 0 Å². The number of hydrogen-bond acceptors (Lipinski definition) is 4. The first-order valence-corrected chi connectivity index (χ1v) is 6.66. The zero-order valence-electron chi connectivity index (χ0n) is 11.8. The third-order valence-electron chi connectivity index (χ3n) is 2.82. The van der Waals surface area contributed by atoms with Crippen molar-refractivity contribution < 1.29 is 19.4 Å². The topological polar surface area (TPSA) is 68.7 Å². The Hall–Kier alpha value is -2.56. The van der Waals surface area contributed by atoms with Gasteiger partial charge in [-0.3, -0.25) is 4.98 Å². The quantitative estimate of drug-likeness (QED) is 0.793. The molecule has 0 aliphatic carbocycles. The van der Waals surface area contributed by atoms with Gasteiger partial charge in [0.1, 0.15) is 11.3 Å². The lowest BCUT2D eigenvalue weighted by Gasteiger charge is -2.09. The number of nitrogens with zero attached hydrogens (tertiary/aromatic N) is 1. The van der Waals surface area contributed by atoms with Gasteiger partial charge in [-0.2, -0.15) is 0 Å². The zero-order valence-corrected chi connectivity index (χ0v) is 11.8. The molecule has 0 fully saturated rings. The molecule has 21 heavy (non-hydrogen) atoms. The predicted molar refractivity (Wildman–Crippen MR) is 78.0 cm³/mol. The largest absolute Gasteiger partial charge is 0.493 e. The molecule has 0 bridgehead atoms. The van der Waals surface area contributed by atoms with Crippen LogP contribution in [0.3, 0.4) is 0 Å². The number of rotatable bonds is 7. The molecule has 110 valence electrons. The van der Waals surface area contributed by atoms with Crippen LogP contribution >= 0.6 is 0 Å². The van der Waals surface area contributed by atoms with Crippen LogP contribution in [-0.4, -0.2) is 29.3 Å². The smallest absolute Gasteiger partial charge is 0.339 e. The van der Waals surface area contributed by atoms with E-state index in [1.807, 2.05) is 31.2 Å². The minimum Gasteiger partial charge on any atom is -0.493 e. The summed E-state index contributed by atoms with van der Waals surface area (Å²) in [5.41, 5.74) is 1.26. The molecule has 2 rings (SSSR count). The van der Waals surface area contributed by atoms with Crippen LogP contribution in [0, 0.1) is 6.92 Å². The monoisotopic (exact) mass is 287 g/mol. The molecule has 0 aliphatic rings. The van der Waals surface area contributed by atoms with Crippen LogP contribution in [0.2, 0.25) is 0 Å². The Bertz CT molecular complexity index is 613. The molecule has 0 saturated heterocycles. The number of aromatic carboxylic acids is 1. The van der Waals surface area contributed by atoms with Crippen molar-refractivity contribution in [3.63, 3.8) is 0 Å². The van der Waals surface area contributed by atoms with E-state index in [1.54, 1.807) is 0 Å². The Kier molecular flexibility index (Phi) is 5.15. The van der Waals surface area contributed by atoms with Crippen molar-refractivity contribution in [2.45, 2.75) is 13.3 Å². The fourth-order valence-electron chi connectivity index (χ4n) is 1.81. The number of aryl methyl sites for hydroxylation is 1. The molecule has 1 N–H and O–H groups in total. The van der Waals surface area contributed by atoms with Crippen LogP contribution in [0.15, 0.2) is 42.7 Å². The van der Waals surface area contributed by atoms with Gasteiger partial charge in [-0.15, -0.1) is 0 Å². The molecule has 0 saturated carbocycles. The summed E-state index contributed by atoms with van der Waals surface area (Å²) in [7, 11) is 0. The highest BCUT2D eigenvalue weighted by molar-refractivity contribution is 5.90. The number of ether oxygens (including phenoxy) is 2. The predicted octanol–water partition coefficient (Wildman–Crippen LogP) is 2.94. The Balaban J connectivity index is 1.76. The molecular formula is C16H17NO4. The second-order valence-electron chi connectivity index (χ2n) is 4.54. The van der Waals surface area contributed by atoms with Gasteiger partial charge in [-0.1, -0.05) is 12.1 Å². The molecule has 0 radical (unpaired) electrons. The summed E-state index contributed by atoms with van der Waals surface area (Å²) < 4.78 is 11.0. The summed E-state index contributed by atoms with van der Waals surface area (Å²) in [4.78, 5) is 14.9. The summed E-state index contributed by atoms with van der Waals surface area (Å²) in [6, 6.07) is 9.23. The van der Waals surface area contributed by atoms with E-state index < -0.39 is 5.97 Å². The highest BCUT2D eigenvalue weighted by atomic mass is 16.5. The van der Waals surface area contributed by atoms with E-state index >= 15 is 0 Å². The van der Waals surface area contributed by atoms with Crippen molar-refractivity contribution in [2.75, 3.05) is 13.2 Å². The maximum atomic E-state index is 11.0. The lowest BCUT2D eigenvalue weighted by Crippen LogP contribution is -2.08. The fourth-order valence-corrected chi connectivity index (χ4v) is 1.81. The Morgan fingerprint density at radius 2 is 2.05 bits per heavy atom. The standard InChI is InChI=1S/C16H17NO4/c1-12-4-2-5-13(10-12)20-8-3-9-21-15-11-17-7-6-14(15)16(18)19/h2,4-7,10-11H,3,8-9H2,1H3,(H,18,19). The van der Waals surface area contributed by atoms with Gasteiger partial charge in [-0.25, -0.2) is 4.79 Å². The summed E-state index contributed by atoms with van der Waals surface area (Å²) in [6.07, 6.45) is 3.49. The fraction of sp³-hybridized carbons (Fsp3) is 0.250. The van der Waals surface area contributed by atoms with Gasteiger partial charge < -0.3 is 14.6 Å². The lowest BCUT2D eigenvalue weighted by atomic mass is 10.2. The number of carboxylic acid groups (broad SMARTS) is 1. The summed E-state index contributed by atoms with van der Waals surface area (Å²) in [5.74, 6) is 0.0755. The first kappa shape index (κ1) is 14.8. The van der Waals surface area contributed by atoms with E-state index in [0.29, 0.717) is 19.6 Å². The van der Waals surface area contributed by atoms with Gasteiger partial charge in [0.2, 0.25) is 0 Å². The van der Waals surface area contributed by atoms with Crippen molar-refractivity contribution in [2.24, 2.45) is 0 Å². The number of pyridine rings is 1. The van der Waals surface area contributed by atoms with Crippen molar-refractivity contribution >= 4 is 5.97 Å². The van der Waals surface area contributed by atoms with Crippen molar-refractivity contribution in [1.82, 2.24) is 4.98 Å². The van der Waals surface area contributed by atoms with E-state index in [0.717, 1.165) is 11.3 Å². The first-order chi connectivity index (χ1) is 10.2. The molecule has 0 aliphatic heterocycles. The minimum atomic E-state index is -1.02. The lowest BCUT2D eigenvalue weighted by molar-refractivity contribution is 0.0692. The SMILES string of the molecule is Cc1cccc(OCCCOc2cnccc2C(=O)O)c1. The van der Waals surface area contributed by atoms with E-state index in [-0.39, 0.29) is 11.3 Å². The van der Waals surface area contributed by atoms with Crippen molar-refractivity contribution in [3.05, 3.63) is 53.9 Å². The number of carbonyl (C=O) groups is 1. The van der Waals surface area contributed by atoms with Crippen LogP contribution < -0.4 is 9.47 Å². The van der Waals surface area contributed by atoms with Crippen LogP contribution in [0.25, 0.3) is 0 Å². The molecule has 1 heterocycles. The molecular weight excluding hydrogens is 270 g/mol. The molecule has 5 nitrogen and oxygen atoms in total. The third kappa shape index (κ3) is 4.49. The highest BCUT2D eigenvalue weighted by Crippen LogP contribution is 2.16. The summed E-state index contributed by atoms with van der Waals surface area (Å²) in [5, 5.41) is 9.01. The van der Waals surface area contributed by atoms with Gasteiger partial charge in [0, 0.05) is 12.6 Å². The normalized spacial score (nSPS) is 10.1. The molecule has 5 heteroatoms. The van der Waals surface area contributed by atoms with E-state index in [4.69, 9.17) is 14.6 Å². The minimum absolute atomic E-state index is 0.115. The summed E-state index contributed by atoms with van der Waals surface area (Å²) >= 11 is 0. The second-order valence-corrected chi connectivity index (χ2v) is 4.54. The number of aromatic nitrogens is 1. The number of carboxylic acids is 1. The zero-order chi connectivity index (χ0) is 15.1. The molecule has 0 spiro atoms. The maximum Gasteiger partial charge on any atom is 0.339 e. The summed E-state index contributed by atoms with van der Waals surface area (Å²) in [6.45, 7) is 2.88. The van der Waals surface area contributed by atoms with Crippen LogP contribution in [-0.2, 0) is 0 Å². The van der Waals surface area contributed by atoms with Gasteiger partial charge in [0.15, 0.2) is 5.75 Å². The number of benzene rings is 1. The second kappa shape index (κ2) is 7.28. The molecule has 0 unspecified atom stereocenters. The van der Waals surface area contributed by atoms with E-state index in [1.165, 1.54) is 18.5 Å². The number of hydrogen-bond donors (Lipinski definition) is 1. The van der Waals surface area contributed by atoms with Crippen molar-refractivity contribution in [3.8, 4) is 11.5 Å². The molecule has 1 aromatic carbocycles. The molecule has 1 aromatic heterocycles. The third-order valence-corrected chi connectivity index (χ3v) is 2.82. The average Bonchev–Trinajstić information content (AvgIpc) is 2.47. The van der Waals surface area contributed by atoms with Gasteiger partial charge in [-0.05, 0) is 30.7 Å².